The van der Waals surface area contributed by atoms with Crippen molar-refractivity contribution in [2.75, 3.05) is 13.2 Å². The summed E-state index contributed by atoms with van der Waals surface area (Å²) in [5.74, 6) is 1.96. The first-order valence-electron chi connectivity index (χ1n) is 8.79. The molecule has 1 aliphatic heterocycles. The second-order valence-corrected chi connectivity index (χ2v) is 7.51. The van der Waals surface area contributed by atoms with E-state index in [4.69, 9.17) is 26.1 Å². The predicted octanol–water partition coefficient (Wildman–Crippen LogP) is 4.87. The Kier molecular flexibility index (Phi) is 6.58. The molecule has 2 heterocycles. The van der Waals surface area contributed by atoms with Crippen LogP contribution in [0.2, 0.25) is 0 Å². The second-order valence-electron chi connectivity index (χ2n) is 5.83. The van der Waals surface area contributed by atoms with E-state index in [0.717, 1.165) is 12.0 Å². The van der Waals surface area contributed by atoms with Gasteiger partial charge in [0.2, 0.25) is 0 Å². The molecule has 1 saturated heterocycles. The van der Waals surface area contributed by atoms with Crippen molar-refractivity contribution in [3.8, 4) is 11.5 Å². The van der Waals surface area contributed by atoms with Crippen molar-refractivity contribution in [3.63, 3.8) is 0 Å². The highest BCUT2D eigenvalue weighted by molar-refractivity contribution is 8.26. The molecule has 2 aromatic rings. The summed E-state index contributed by atoms with van der Waals surface area (Å²) in [5.41, 5.74) is 0.862. The lowest BCUT2D eigenvalue weighted by Crippen LogP contribution is -2.27. The standard InChI is InChI=1S/C20H21NO4S2/c1-3-9-25-16-8-7-14(11-17(16)23-4-2)12-18-19(22)21(20(26)27-18)13-15-6-5-10-24-15/h5-8,10-12H,3-4,9,13H2,1-2H3/b18-12-. The van der Waals surface area contributed by atoms with Crippen molar-refractivity contribution in [3.05, 3.63) is 52.8 Å². The first-order valence-corrected chi connectivity index (χ1v) is 10.0. The third-order valence-electron chi connectivity index (χ3n) is 3.79. The van der Waals surface area contributed by atoms with Crippen LogP contribution in [0.4, 0.5) is 0 Å². The molecule has 1 fully saturated rings. The highest BCUT2D eigenvalue weighted by Gasteiger charge is 2.32. The summed E-state index contributed by atoms with van der Waals surface area (Å²) in [4.78, 5) is 14.8. The molecular formula is C20H21NO4S2. The molecule has 0 saturated carbocycles. The Hall–Kier alpha value is -2.25. The van der Waals surface area contributed by atoms with Gasteiger partial charge in [-0.1, -0.05) is 37.0 Å². The van der Waals surface area contributed by atoms with Gasteiger partial charge in [-0.2, -0.15) is 0 Å². The highest BCUT2D eigenvalue weighted by atomic mass is 32.2. The maximum absolute atomic E-state index is 12.7. The number of carbonyl (C=O) groups excluding carboxylic acids is 1. The molecule has 27 heavy (non-hydrogen) atoms. The third kappa shape index (κ3) is 4.73. The van der Waals surface area contributed by atoms with Crippen LogP contribution in [0.15, 0.2) is 45.9 Å². The number of thiocarbonyl (C=S) groups is 1. The van der Waals surface area contributed by atoms with Gasteiger partial charge < -0.3 is 13.9 Å². The Labute approximate surface area is 168 Å². The van der Waals surface area contributed by atoms with E-state index < -0.39 is 0 Å². The number of hydrogen-bond donors (Lipinski definition) is 0. The Morgan fingerprint density at radius 3 is 2.78 bits per heavy atom. The van der Waals surface area contributed by atoms with Gasteiger partial charge in [-0.25, -0.2) is 0 Å². The average Bonchev–Trinajstić information content (AvgIpc) is 3.26. The summed E-state index contributed by atoms with van der Waals surface area (Å²) in [7, 11) is 0. The summed E-state index contributed by atoms with van der Waals surface area (Å²) < 4.78 is 17.2. The van der Waals surface area contributed by atoms with Crippen LogP contribution in [0, 0.1) is 0 Å². The lowest BCUT2D eigenvalue weighted by molar-refractivity contribution is -0.122. The summed E-state index contributed by atoms with van der Waals surface area (Å²) in [6.07, 6.45) is 4.33. The van der Waals surface area contributed by atoms with Crippen LogP contribution in [0.1, 0.15) is 31.6 Å². The van der Waals surface area contributed by atoms with Crippen molar-refractivity contribution in [1.82, 2.24) is 4.90 Å². The monoisotopic (exact) mass is 403 g/mol. The molecule has 1 aromatic heterocycles. The fraction of sp³-hybridized carbons (Fsp3) is 0.300. The van der Waals surface area contributed by atoms with E-state index in [0.29, 0.717) is 46.2 Å². The molecule has 5 nitrogen and oxygen atoms in total. The van der Waals surface area contributed by atoms with E-state index >= 15 is 0 Å². The maximum Gasteiger partial charge on any atom is 0.266 e. The normalized spacial score (nSPS) is 15.6. The van der Waals surface area contributed by atoms with Crippen molar-refractivity contribution in [2.24, 2.45) is 0 Å². The fourth-order valence-electron chi connectivity index (χ4n) is 2.56. The summed E-state index contributed by atoms with van der Waals surface area (Å²) >= 11 is 6.65. The van der Waals surface area contributed by atoms with Crippen molar-refractivity contribution in [1.29, 1.82) is 0 Å². The molecule has 1 aliphatic rings. The van der Waals surface area contributed by atoms with Crippen LogP contribution >= 0.6 is 24.0 Å². The quantitative estimate of drug-likeness (QED) is 0.463. The number of carbonyl (C=O) groups is 1. The van der Waals surface area contributed by atoms with Gasteiger partial charge in [0.1, 0.15) is 10.1 Å². The van der Waals surface area contributed by atoms with Gasteiger partial charge in [-0.3, -0.25) is 9.69 Å². The number of ether oxygens (including phenoxy) is 2. The second kappa shape index (κ2) is 9.10. The number of hydrogen-bond acceptors (Lipinski definition) is 6. The molecule has 1 aromatic carbocycles. The van der Waals surface area contributed by atoms with Crippen LogP contribution in [-0.2, 0) is 11.3 Å². The number of rotatable bonds is 8. The summed E-state index contributed by atoms with van der Waals surface area (Å²) in [5, 5.41) is 0. The molecule has 0 aliphatic carbocycles. The largest absolute Gasteiger partial charge is 0.490 e. The lowest BCUT2D eigenvalue weighted by Gasteiger charge is -2.12. The van der Waals surface area contributed by atoms with Gasteiger partial charge in [0.15, 0.2) is 11.5 Å². The van der Waals surface area contributed by atoms with Gasteiger partial charge in [0.25, 0.3) is 5.91 Å². The summed E-state index contributed by atoms with van der Waals surface area (Å²) in [6.45, 7) is 5.49. The van der Waals surface area contributed by atoms with Crippen LogP contribution in [-0.4, -0.2) is 28.3 Å². The minimum Gasteiger partial charge on any atom is -0.490 e. The molecule has 0 bridgehead atoms. The van der Waals surface area contributed by atoms with E-state index in [9.17, 15) is 4.79 Å². The maximum atomic E-state index is 12.7. The first-order chi connectivity index (χ1) is 13.1. The molecule has 0 spiro atoms. The van der Waals surface area contributed by atoms with Crippen molar-refractivity contribution in [2.45, 2.75) is 26.8 Å². The first kappa shape index (κ1) is 19.5. The zero-order chi connectivity index (χ0) is 19.2. The molecule has 0 N–H and O–H groups in total. The van der Waals surface area contributed by atoms with E-state index in [1.807, 2.05) is 37.3 Å². The lowest BCUT2D eigenvalue weighted by atomic mass is 10.2. The molecule has 1 amide bonds. The minimum absolute atomic E-state index is 0.120. The molecule has 3 rings (SSSR count). The number of furan rings is 1. The van der Waals surface area contributed by atoms with Gasteiger partial charge in [-0.05, 0) is 49.2 Å². The highest BCUT2D eigenvalue weighted by Crippen LogP contribution is 2.35. The third-order valence-corrected chi connectivity index (χ3v) is 5.17. The minimum atomic E-state index is -0.120. The van der Waals surface area contributed by atoms with Crippen LogP contribution in [0.25, 0.3) is 6.08 Å². The Balaban J connectivity index is 1.80. The van der Waals surface area contributed by atoms with Gasteiger partial charge in [-0.15, -0.1) is 0 Å². The SMILES string of the molecule is CCCOc1ccc(/C=C2\SC(=S)N(Cc3ccco3)C2=O)cc1OCC. The van der Waals surface area contributed by atoms with E-state index in [-0.39, 0.29) is 5.91 Å². The van der Waals surface area contributed by atoms with E-state index in [2.05, 4.69) is 6.92 Å². The molecule has 7 heteroatoms. The van der Waals surface area contributed by atoms with E-state index in [1.165, 1.54) is 11.8 Å². The Morgan fingerprint density at radius 2 is 2.07 bits per heavy atom. The van der Waals surface area contributed by atoms with Crippen LogP contribution in [0.5, 0.6) is 11.5 Å². The predicted molar refractivity (Wildman–Crippen MR) is 111 cm³/mol. The zero-order valence-electron chi connectivity index (χ0n) is 15.3. The fourth-order valence-corrected chi connectivity index (χ4v) is 3.82. The number of thioether (sulfide) groups is 1. The van der Waals surface area contributed by atoms with Gasteiger partial charge >= 0.3 is 0 Å². The van der Waals surface area contributed by atoms with E-state index in [1.54, 1.807) is 17.2 Å². The summed E-state index contributed by atoms with van der Waals surface area (Å²) in [6, 6.07) is 9.28. The molecule has 142 valence electrons. The van der Waals surface area contributed by atoms with Crippen molar-refractivity contribution >= 4 is 40.3 Å². The Morgan fingerprint density at radius 1 is 1.22 bits per heavy atom. The molecule has 0 unspecified atom stereocenters. The van der Waals surface area contributed by atoms with Crippen molar-refractivity contribution < 1.29 is 18.7 Å². The van der Waals surface area contributed by atoms with Crippen LogP contribution in [0.3, 0.4) is 0 Å². The van der Waals surface area contributed by atoms with Gasteiger partial charge in [0, 0.05) is 0 Å². The zero-order valence-corrected chi connectivity index (χ0v) is 16.9. The smallest absolute Gasteiger partial charge is 0.266 e. The van der Waals surface area contributed by atoms with Gasteiger partial charge in [0.05, 0.1) is 30.9 Å². The number of benzene rings is 1. The topological polar surface area (TPSA) is 51.9 Å². The number of nitrogens with zero attached hydrogens (tertiary/aromatic N) is 1. The Bertz CT molecular complexity index is 846. The molecule has 0 atom stereocenters. The molecular weight excluding hydrogens is 382 g/mol. The number of amides is 1. The van der Waals surface area contributed by atoms with Crippen LogP contribution < -0.4 is 9.47 Å². The average molecular weight is 404 g/mol. The molecule has 0 radical (unpaired) electrons.